The lowest BCUT2D eigenvalue weighted by molar-refractivity contribution is -0.128. The summed E-state index contributed by atoms with van der Waals surface area (Å²) < 4.78 is 0. The molecule has 3 N–H and O–H groups in total. The molecule has 0 fully saturated rings. The molecule has 0 spiro atoms. The fourth-order valence-corrected chi connectivity index (χ4v) is 2.21. The van der Waals surface area contributed by atoms with Crippen molar-refractivity contribution in [1.82, 2.24) is 16.0 Å². The van der Waals surface area contributed by atoms with Crippen molar-refractivity contribution in [2.45, 2.75) is 54.0 Å². The van der Waals surface area contributed by atoms with Gasteiger partial charge in [-0.05, 0) is 39.7 Å². The van der Waals surface area contributed by atoms with E-state index in [-0.39, 0.29) is 5.91 Å². The Morgan fingerprint density at radius 1 is 1.08 bits per heavy atom. The predicted molar refractivity (Wildman–Crippen MR) is 106 cm³/mol. The molecule has 0 aromatic heterocycles. The van der Waals surface area contributed by atoms with E-state index >= 15 is 0 Å². The first-order valence-corrected chi connectivity index (χ1v) is 9.25. The van der Waals surface area contributed by atoms with Crippen molar-refractivity contribution < 1.29 is 4.79 Å². The molecule has 0 aliphatic heterocycles. The number of benzene rings is 1. The Labute approximate surface area is 152 Å². The van der Waals surface area contributed by atoms with Gasteiger partial charge in [-0.3, -0.25) is 4.79 Å². The molecule has 0 aliphatic carbocycles. The number of carbonyl (C=O) groups is 1. The number of unbranched alkanes of at least 4 members (excludes halogenated alkanes) is 1. The molecule has 1 rings (SSSR count). The fraction of sp³-hybridized carbons (Fsp3) is 0.600. The number of aryl methyl sites for hydroxylation is 1. The molecular formula is C20H34N4O. The van der Waals surface area contributed by atoms with Crippen LogP contribution in [0, 0.1) is 12.3 Å². The summed E-state index contributed by atoms with van der Waals surface area (Å²) >= 11 is 0. The normalized spacial score (nSPS) is 12.0. The summed E-state index contributed by atoms with van der Waals surface area (Å²) in [5.41, 5.74) is 1.92. The van der Waals surface area contributed by atoms with Crippen LogP contribution >= 0.6 is 0 Å². The van der Waals surface area contributed by atoms with Gasteiger partial charge in [0.1, 0.15) is 0 Å². The van der Waals surface area contributed by atoms with Gasteiger partial charge in [-0.25, -0.2) is 4.99 Å². The molecule has 0 bridgehead atoms. The van der Waals surface area contributed by atoms with Crippen LogP contribution < -0.4 is 16.0 Å². The second kappa shape index (κ2) is 10.7. The smallest absolute Gasteiger partial charge is 0.227 e. The molecule has 0 unspecified atom stereocenters. The molecule has 140 valence electrons. The monoisotopic (exact) mass is 346 g/mol. The van der Waals surface area contributed by atoms with E-state index < -0.39 is 5.41 Å². The summed E-state index contributed by atoms with van der Waals surface area (Å²) in [6, 6.07) is 8.39. The number of carbonyl (C=O) groups excluding carboxylic acids is 1. The highest BCUT2D eigenvalue weighted by Gasteiger charge is 2.27. The summed E-state index contributed by atoms with van der Waals surface area (Å²) in [6.07, 6.45) is 2.22. The van der Waals surface area contributed by atoms with Gasteiger partial charge < -0.3 is 16.0 Å². The van der Waals surface area contributed by atoms with E-state index in [4.69, 9.17) is 0 Å². The van der Waals surface area contributed by atoms with E-state index in [1.165, 1.54) is 11.1 Å². The number of aliphatic imine (C=N–C) groups is 1. The van der Waals surface area contributed by atoms with Crippen LogP contribution in [0.15, 0.2) is 29.3 Å². The lowest BCUT2D eigenvalue weighted by atomic mass is 9.92. The largest absolute Gasteiger partial charge is 0.356 e. The number of nitrogens with one attached hydrogen (secondary N) is 3. The van der Waals surface area contributed by atoms with Gasteiger partial charge >= 0.3 is 0 Å². The Balaban J connectivity index is 2.69. The quantitative estimate of drug-likeness (QED) is 0.366. The summed E-state index contributed by atoms with van der Waals surface area (Å²) in [7, 11) is 0. The molecule has 0 aliphatic rings. The molecule has 0 atom stereocenters. The van der Waals surface area contributed by atoms with E-state index in [1.54, 1.807) is 0 Å². The zero-order valence-corrected chi connectivity index (χ0v) is 16.4. The van der Waals surface area contributed by atoms with Crippen LogP contribution in [0.1, 0.15) is 51.7 Å². The van der Waals surface area contributed by atoms with Crippen molar-refractivity contribution in [3.05, 3.63) is 35.4 Å². The van der Waals surface area contributed by atoms with Gasteiger partial charge in [0.05, 0.1) is 12.0 Å². The van der Waals surface area contributed by atoms with Crippen molar-refractivity contribution in [3.8, 4) is 0 Å². The summed E-state index contributed by atoms with van der Waals surface area (Å²) in [6.45, 7) is 12.7. The Kier molecular flexibility index (Phi) is 9.03. The molecule has 1 aromatic rings. The number of guanidine groups is 1. The van der Waals surface area contributed by atoms with E-state index in [2.05, 4.69) is 59.1 Å². The summed E-state index contributed by atoms with van der Waals surface area (Å²) in [4.78, 5) is 16.8. The standard InChI is InChI=1S/C20H34N4O/c1-6-8-13-22-19(23-14-17-11-9-16(3)10-12-17)24-15-20(4,5)18(25)21-7-2/h9-12H,6-8,13-15H2,1-5H3,(H,21,25)(H2,22,23,24). The van der Waals surface area contributed by atoms with Crippen molar-refractivity contribution >= 4 is 11.9 Å². The van der Waals surface area contributed by atoms with E-state index in [0.29, 0.717) is 19.6 Å². The lowest BCUT2D eigenvalue weighted by Gasteiger charge is -2.25. The minimum absolute atomic E-state index is 0.0499. The molecule has 1 amide bonds. The molecule has 1 aromatic carbocycles. The van der Waals surface area contributed by atoms with E-state index in [1.807, 2.05) is 20.8 Å². The fourth-order valence-electron chi connectivity index (χ4n) is 2.21. The van der Waals surface area contributed by atoms with Crippen molar-refractivity contribution in [1.29, 1.82) is 0 Å². The highest BCUT2D eigenvalue weighted by Crippen LogP contribution is 2.13. The summed E-state index contributed by atoms with van der Waals surface area (Å²) in [5, 5.41) is 9.56. The van der Waals surface area contributed by atoms with Crippen LogP contribution in [0.25, 0.3) is 0 Å². The second-order valence-corrected chi connectivity index (χ2v) is 7.03. The van der Waals surface area contributed by atoms with Gasteiger partial charge in [-0.2, -0.15) is 0 Å². The molecule has 0 heterocycles. The number of nitrogens with zero attached hydrogens (tertiary/aromatic N) is 1. The van der Waals surface area contributed by atoms with Gasteiger partial charge in [-0.1, -0.05) is 43.2 Å². The van der Waals surface area contributed by atoms with Crippen molar-refractivity contribution in [2.24, 2.45) is 10.4 Å². The molecule has 25 heavy (non-hydrogen) atoms. The van der Waals surface area contributed by atoms with Gasteiger partial charge in [0.15, 0.2) is 5.96 Å². The van der Waals surface area contributed by atoms with Crippen LogP contribution in [0.4, 0.5) is 0 Å². The maximum atomic E-state index is 12.1. The zero-order valence-electron chi connectivity index (χ0n) is 16.4. The number of hydrogen-bond donors (Lipinski definition) is 3. The minimum Gasteiger partial charge on any atom is -0.356 e. The van der Waals surface area contributed by atoms with Crippen LogP contribution in [-0.2, 0) is 11.3 Å². The van der Waals surface area contributed by atoms with Crippen molar-refractivity contribution in [2.75, 3.05) is 19.6 Å². The Morgan fingerprint density at radius 2 is 1.76 bits per heavy atom. The average molecular weight is 347 g/mol. The molecule has 0 radical (unpaired) electrons. The minimum atomic E-state index is -0.493. The highest BCUT2D eigenvalue weighted by molar-refractivity contribution is 5.84. The average Bonchev–Trinajstić information content (AvgIpc) is 2.58. The van der Waals surface area contributed by atoms with Crippen LogP contribution in [0.3, 0.4) is 0 Å². The van der Waals surface area contributed by atoms with Gasteiger partial charge in [-0.15, -0.1) is 0 Å². The third-order valence-electron chi connectivity index (χ3n) is 4.01. The molecule has 5 nitrogen and oxygen atoms in total. The summed E-state index contributed by atoms with van der Waals surface area (Å²) in [5.74, 6) is 0.806. The van der Waals surface area contributed by atoms with Crippen LogP contribution in [0.5, 0.6) is 0 Å². The first-order valence-electron chi connectivity index (χ1n) is 9.25. The third kappa shape index (κ3) is 8.05. The maximum Gasteiger partial charge on any atom is 0.227 e. The van der Waals surface area contributed by atoms with Gasteiger partial charge in [0.2, 0.25) is 5.91 Å². The number of amides is 1. The maximum absolute atomic E-state index is 12.1. The van der Waals surface area contributed by atoms with Crippen LogP contribution in [-0.4, -0.2) is 31.5 Å². The van der Waals surface area contributed by atoms with Gasteiger partial charge in [0.25, 0.3) is 0 Å². The topological polar surface area (TPSA) is 65.5 Å². The zero-order chi connectivity index (χ0) is 18.7. The number of rotatable bonds is 9. The van der Waals surface area contributed by atoms with Gasteiger partial charge in [0, 0.05) is 19.6 Å². The first-order chi connectivity index (χ1) is 11.9. The molecule has 0 saturated heterocycles. The SMILES string of the molecule is CCCCNC(=NCc1ccc(C)cc1)NCC(C)(C)C(=O)NCC. The van der Waals surface area contributed by atoms with E-state index in [0.717, 1.165) is 25.3 Å². The predicted octanol–water partition coefficient (Wildman–Crippen LogP) is 2.99. The Hall–Kier alpha value is -2.04. The first kappa shape index (κ1) is 21.0. The molecular weight excluding hydrogens is 312 g/mol. The Morgan fingerprint density at radius 3 is 2.36 bits per heavy atom. The Bertz CT molecular complexity index is 549. The second-order valence-electron chi connectivity index (χ2n) is 7.03. The highest BCUT2D eigenvalue weighted by atomic mass is 16.2. The van der Waals surface area contributed by atoms with Crippen LogP contribution in [0.2, 0.25) is 0 Å². The third-order valence-corrected chi connectivity index (χ3v) is 4.01. The molecule has 5 heteroatoms. The molecule has 0 saturated carbocycles. The number of hydrogen-bond acceptors (Lipinski definition) is 2. The lowest BCUT2D eigenvalue weighted by Crippen LogP contribution is -2.48. The van der Waals surface area contributed by atoms with E-state index in [9.17, 15) is 4.79 Å². The van der Waals surface area contributed by atoms with Crippen molar-refractivity contribution in [3.63, 3.8) is 0 Å².